The summed E-state index contributed by atoms with van der Waals surface area (Å²) in [6, 6.07) is 5.90. The number of hydrogen-bond acceptors (Lipinski definition) is 3. The largest absolute Gasteiger partial charge is 0.312 e. The summed E-state index contributed by atoms with van der Waals surface area (Å²) in [5.41, 5.74) is 1.09. The molecular formula is C12H14BrClN4. The third kappa shape index (κ3) is 3.80. The number of nitrogens with zero attached hydrogens (tertiary/aromatic N) is 3. The highest BCUT2D eigenvalue weighted by atomic mass is 79.9. The fraction of sp³-hybridized carbons (Fsp3) is 0.333. The van der Waals surface area contributed by atoms with E-state index >= 15 is 0 Å². The molecule has 0 radical (unpaired) electrons. The number of halogens is 2. The Bertz CT molecular complexity index is 527. The summed E-state index contributed by atoms with van der Waals surface area (Å²) >= 11 is 9.52. The molecule has 0 atom stereocenters. The summed E-state index contributed by atoms with van der Waals surface area (Å²) in [7, 11) is 1.87. The molecule has 0 spiro atoms. The van der Waals surface area contributed by atoms with Crippen LogP contribution in [0.1, 0.15) is 11.4 Å². The molecule has 1 heterocycles. The highest BCUT2D eigenvalue weighted by molar-refractivity contribution is 9.10. The minimum absolute atomic E-state index is 0.749. The quantitative estimate of drug-likeness (QED) is 0.857. The lowest BCUT2D eigenvalue weighted by molar-refractivity contribution is 0.661. The molecule has 0 unspecified atom stereocenters. The topological polar surface area (TPSA) is 42.7 Å². The molecule has 0 saturated carbocycles. The van der Waals surface area contributed by atoms with Gasteiger partial charge in [-0.1, -0.05) is 33.6 Å². The van der Waals surface area contributed by atoms with Crippen molar-refractivity contribution in [3.05, 3.63) is 45.4 Å². The van der Waals surface area contributed by atoms with Crippen LogP contribution in [0.15, 0.2) is 29.0 Å². The fourth-order valence-corrected chi connectivity index (χ4v) is 2.33. The zero-order valence-electron chi connectivity index (χ0n) is 10.0. The van der Waals surface area contributed by atoms with Crippen molar-refractivity contribution in [3.63, 3.8) is 0 Å². The van der Waals surface area contributed by atoms with E-state index in [1.54, 1.807) is 11.0 Å². The van der Waals surface area contributed by atoms with Crippen molar-refractivity contribution < 1.29 is 0 Å². The number of benzene rings is 1. The average Bonchev–Trinajstić information content (AvgIpc) is 2.73. The highest BCUT2D eigenvalue weighted by Crippen LogP contribution is 2.20. The Morgan fingerprint density at radius 2 is 2.28 bits per heavy atom. The molecule has 0 aliphatic heterocycles. The van der Waals surface area contributed by atoms with Crippen molar-refractivity contribution in [2.45, 2.75) is 13.0 Å². The smallest absolute Gasteiger partial charge is 0.151 e. The van der Waals surface area contributed by atoms with Gasteiger partial charge in [0.25, 0.3) is 0 Å². The van der Waals surface area contributed by atoms with Gasteiger partial charge in [0.15, 0.2) is 5.82 Å². The van der Waals surface area contributed by atoms with Crippen LogP contribution in [0.4, 0.5) is 0 Å². The molecule has 0 fully saturated rings. The number of aryl methyl sites for hydroxylation is 1. The predicted molar refractivity (Wildman–Crippen MR) is 75.6 cm³/mol. The molecule has 1 N–H and O–H groups in total. The van der Waals surface area contributed by atoms with Crippen LogP contribution >= 0.6 is 27.5 Å². The van der Waals surface area contributed by atoms with Crippen molar-refractivity contribution in [3.8, 4) is 0 Å². The van der Waals surface area contributed by atoms with Crippen molar-refractivity contribution in [2.24, 2.45) is 7.05 Å². The third-order valence-corrected chi connectivity index (χ3v) is 3.35. The van der Waals surface area contributed by atoms with Crippen LogP contribution in [0.3, 0.4) is 0 Å². The third-order valence-electron chi connectivity index (χ3n) is 2.50. The molecule has 18 heavy (non-hydrogen) atoms. The van der Waals surface area contributed by atoms with E-state index < -0.39 is 0 Å². The Labute approximate surface area is 119 Å². The first-order chi connectivity index (χ1) is 8.65. The standard InChI is InChI=1S/C12H14BrClN4/c1-18-8-16-12(17-18)4-5-15-7-9-2-3-10(13)6-11(9)14/h2-3,6,8,15H,4-5,7H2,1H3. The van der Waals surface area contributed by atoms with E-state index in [0.29, 0.717) is 0 Å². The van der Waals surface area contributed by atoms with E-state index in [0.717, 1.165) is 40.4 Å². The Hall–Kier alpha value is -0.910. The molecule has 4 nitrogen and oxygen atoms in total. The summed E-state index contributed by atoms with van der Waals surface area (Å²) in [5, 5.41) is 8.32. The molecule has 0 aliphatic carbocycles. The average molecular weight is 330 g/mol. The molecule has 6 heteroatoms. The lowest BCUT2D eigenvalue weighted by Gasteiger charge is -2.06. The molecule has 2 rings (SSSR count). The number of aromatic nitrogens is 3. The molecule has 1 aromatic carbocycles. The second-order valence-electron chi connectivity index (χ2n) is 4.00. The van der Waals surface area contributed by atoms with E-state index in [9.17, 15) is 0 Å². The van der Waals surface area contributed by atoms with E-state index in [4.69, 9.17) is 11.6 Å². The van der Waals surface area contributed by atoms with Gasteiger partial charge in [-0.2, -0.15) is 5.10 Å². The van der Waals surface area contributed by atoms with Crippen LogP contribution in [-0.2, 0) is 20.0 Å². The molecule has 0 amide bonds. The van der Waals surface area contributed by atoms with E-state index in [1.807, 2.05) is 25.2 Å². The lowest BCUT2D eigenvalue weighted by atomic mass is 10.2. The number of hydrogen-bond donors (Lipinski definition) is 1. The first-order valence-corrected chi connectivity index (χ1v) is 6.81. The Morgan fingerprint density at radius 1 is 1.44 bits per heavy atom. The Kier molecular flexibility index (Phi) is 4.74. The van der Waals surface area contributed by atoms with Crippen LogP contribution in [0.5, 0.6) is 0 Å². The highest BCUT2D eigenvalue weighted by Gasteiger charge is 2.02. The van der Waals surface area contributed by atoms with Gasteiger partial charge >= 0.3 is 0 Å². The van der Waals surface area contributed by atoms with Crippen molar-refractivity contribution >= 4 is 27.5 Å². The van der Waals surface area contributed by atoms with Crippen LogP contribution in [0.2, 0.25) is 5.02 Å². The molecule has 96 valence electrons. The molecular weight excluding hydrogens is 316 g/mol. The zero-order chi connectivity index (χ0) is 13.0. The fourth-order valence-electron chi connectivity index (χ4n) is 1.59. The first kappa shape index (κ1) is 13.5. The Balaban J connectivity index is 1.78. The van der Waals surface area contributed by atoms with Gasteiger partial charge in [0, 0.05) is 36.1 Å². The Morgan fingerprint density at radius 3 is 2.94 bits per heavy atom. The van der Waals surface area contributed by atoms with Gasteiger partial charge in [-0.05, 0) is 17.7 Å². The van der Waals surface area contributed by atoms with Gasteiger partial charge in [0.05, 0.1) is 0 Å². The van der Waals surface area contributed by atoms with E-state index in [1.165, 1.54) is 0 Å². The van der Waals surface area contributed by atoms with Gasteiger partial charge in [-0.15, -0.1) is 0 Å². The van der Waals surface area contributed by atoms with Gasteiger partial charge in [-0.25, -0.2) is 4.98 Å². The van der Waals surface area contributed by atoms with Gasteiger partial charge < -0.3 is 5.32 Å². The molecule has 0 saturated heterocycles. The number of rotatable bonds is 5. The molecule has 0 bridgehead atoms. The maximum absolute atomic E-state index is 6.13. The monoisotopic (exact) mass is 328 g/mol. The van der Waals surface area contributed by atoms with Gasteiger partial charge in [-0.3, -0.25) is 4.68 Å². The molecule has 0 aliphatic rings. The van der Waals surface area contributed by atoms with Gasteiger partial charge in [0.1, 0.15) is 6.33 Å². The second-order valence-corrected chi connectivity index (χ2v) is 5.32. The van der Waals surface area contributed by atoms with Crippen LogP contribution in [0, 0.1) is 0 Å². The minimum Gasteiger partial charge on any atom is -0.312 e. The SMILES string of the molecule is Cn1cnc(CCNCc2ccc(Br)cc2Cl)n1. The minimum atomic E-state index is 0.749. The van der Waals surface area contributed by atoms with E-state index in [2.05, 4.69) is 31.3 Å². The molecule has 2 aromatic rings. The second kappa shape index (κ2) is 6.31. The molecule has 1 aromatic heterocycles. The normalized spacial score (nSPS) is 10.8. The van der Waals surface area contributed by atoms with Crippen LogP contribution < -0.4 is 5.32 Å². The van der Waals surface area contributed by atoms with Crippen LogP contribution in [0.25, 0.3) is 0 Å². The predicted octanol–water partition coefficient (Wildman–Crippen LogP) is 2.56. The van der Waals surface area contributed by atoms with Crippen molar-refractivity contribution in [1.29, 1.82) is 0 Å². The van der Waals surface area contributed by atoms with Crippen molar-refractivity contribution in [1.82, 2.24) is 20.1 Å². The van der Waals surface area contributed by atoms with Crippen molar-refractivity contribution in [2.75, 3.05) is 6.54 Å². The first-order valence-electron chi connectivity index (χ1n) is 5.64. The summed E-state index contributed by atoms with van der Waals surface area (Å²) in [4.78, 5) is 4.17. The van der Waals surface area contributed by atoms with Gasteiger partial charge in [0.2, 0.25) is 0 Å². The maximum Gasteiger partial charge on any atom is 0.151 e. The lowest BCUT2D eigenvalue weighted by Crippen LogP contribution is -2.17. The zero-order valence-corrected chi connectivity index (χ0v) is 12.4. The summed E-state index contributed by atoms with van der Waals surface area (Å²) in [6.45, 7) is 1.58. The van der Waals surface area contributed by atoms with Crippen LogP contribution in [-0.4, -0.2) is 21.3 Å². The maximum atomic E-state index is 6.13. The summed E-state index contributed by atoms with van der Waals surface area (Å²) in [6.07, 6.45) is 2.52. The summed E-state index contributed by atoms with van der Waals surface area (Å²) < 4.78 is 2.70. The summed E-state index contributed by atoms with van der Waals surface area (Å²) in [5.74, 6) is 0.854. The number of nitrogens with one attached hydrogen (secondary N) is 1. The van der Waals surface area contributed by atoms with E-state index in [-0.39, 0.29) is 0 Å².